The first-order valence-corrected chi connectivity index (χ1v) is 9.05. The maximum atomic E-state index is 11.0. The number of hydrogen-bond donors (Lipinski definition) is 1. The van der Waals surface area contributed by atoms with E-state index in [4.69, 9.17) is 4.74 Å². The van der Waals surface area contributed by atoms with E-state index in [1.807, 2.05) is 24.3 Å². The quantitative estimate of drug-likeness (QED) is 0.432. The molecule has 0 aliphatic carbocycles. The lowest BCUT2D eigenvalue weighted by atomic mass is 9.94. The predicted molar refractivity (Wildman–Crippen MR) is 101 cm³/mol. The number of nitrogens with one attached hydrogen (secondary N) is 1. The Hall–Kier alpha value is -1.51. The van der Waals surface area contributed by atoms with E-state index in [0.717, 1.165) is 28.5 Å². The van der Waals surface area contributed by atoms with Gasteiger partial charge in [-0.3, -0.25) is 10.1 Å². The summed E-state index contributed by atoms with van der Waals surface area (Å²) in [6, 6.07) is 15.5. The van der Waals surface area contributed by atoms with Gasteiger partial charge in [0.2, 0.25) is 0 Å². The summed E-state index contributed by atoms with van der Waals surface area (Å²) in [5.74, 6) is 0. The topological polar surface area (TPSA) is 64.4 Å². The van der Waals surface area contributed by atoms with Gasteiger partial charge in [0, 0.05) is 15.7 Å². The molecule has 24 heavy (non-hydrogen) atoms. The molecule has 0 unspecified atom stereocenters. The molecule has 6 heteroatoms. The second-order valence-corrected chi connectivity index (χ2v) is 7.15. The van der Waals surface area contributed by atoms with Crippen LogP contribution in [0.4, 0.5) is 5.69 Å². The first-order valence-electron chi connectivity index (χ1n) is 7.97. The van der Waals surface area contributed by atoms with E-state index in [0.29, 0.717) is 6.61 Å². The van der Waals surface area contributed by atoms with Gasteiger partial charge in [-0.1, -0.05) is 30.3 Å². The highest BCUT2D eigenvalue weighted by Gasteiger charge is 2.26. The van der Waals surface area contributed by atoms with Crippen LogP contribution in [0, 0.1) is 13.7 Å². The highest BCUT2D eigenvalue weighted by molar-refractivity contribution is 14.1. The molecule has 126 valence electrons. The van der Waals surface area contributed by atoms with Gasteiger partial charge in [-0.15, -0.1) is 0 Å². The highest BCUT2D eigenvalue weighted by atomic mass is 127. The third-order valence-electron chi connectivity index (χ3n) is 4.18. The number of benzene rings is 2. The molecule has 0 spiro atoms. The normalized spacial score (nSPS) is 20.7. The molecule has 1 heterocycles. The largest absolute Gasteiger partial charge is 0.372 e. The molecule has 0 aromatic heterocycles. The van der Waals surface area contributed by atoms with Crippen LogP contribution in [0.2, 0.25) is 0 Å². The maximum absolute atomic E-state index is 11.0. The molecular weight excluding hydrogens is 419 g/mol. The average molecular weight is 438 g/mol. The van der Waals surface area contributed by atoms with Crippen molar-refractivity contribution in [1.29, 1.82) is 0 Å². The molecule has 2 aromatic rings. The van der Waals surface area contributed by atoms with Crippen molar-refractivity contribution in [2.24, 2.45) is 0 Å². The molecular formula is C18H19IN2O3. The summed E-state index contributed by atoms with van der Waals surface area (Å²) < 4.78 is 6.99. The summed E-state index contributed by atoms with van der Waals surface area (Å²) in [5.41, 5.74) is 2.17. The van der Waals surface area contributed by atoms with Gasteiger partial charge < -0.3 is 10.1 Å². The molecule has 0 radical (unpaired) electrons. The SMILES string of the molecule is O=[N+]([O-])c1cc(I)cc(CO[C@H]2CCCN[C@H]2c2ccccc2)c1. The van der Waals surface area contributed by atoms with E-state index in [1.54, 1.807) is 12.1 Å². The lowest BCUT2D eigenvalue weighted by Gasteiger charge is -2.33. The van der Waals surface area contributed by atoms with Crippen LogP contribution in [0.15, 0.2) is 48.5 Å². The van der Waals surface area contributed by atoms with Crippen molar-refractivity contribution in [2.75, 3.05) is 6.54 Å². The Labute approximate surface area is 154 Å². The Morgan fingerprint density at radius 1 is 1.25 bits per heavy atom. The van der Waals surface area contributed by atoms with Gasteiger partial charge in [-0.05, 0) is 59.2 Å². The average Bonchev–Trinajstić information content (AvgIpc) is 2.60. The van der Waals surface area contributed by atoms with Crippen molar-refractivity contribution in [2.45, 2.75) is 31.6 Å². The van der Waals surface area contributed by atoms with Crippen molar-refractivity contribution in [1.82, 2.24) is 5.32 Å². The fourth-order valence-corrected chi connectivity index (χ4v) is 3.78. The summed E-state index contributed by atoms with van der Waals surface area (Å²) in [5, 5.41) is 14.5. The second kappa shape index (κ2) is 8.04. The van der Waals surface area contributed by atoms with Crippen molar-refractivity contribution in [3.8, 4) is 0 Å². The lowest BCUT2D eigenvalue weighted by molar-refractivity contribution is -0.385. The molecule has 3 rings (SSSR count). The summed E-state index contributed by atoms with van der Waals surface area (Å²) >= 11 is 2.10. The van der Waals surface area contributed by atoms with Crippen LogP contribution in [0.5, 0.6) is 0 Å². The number of nitro groups is 1. The van der Waals surface area contributed by atoms with Crippen LogP contribution in [0.3, 0.4) is 0 Å². The van der Waals surface area contributed by atoms with E-state index >= 15 is 0 Å². The van der Waals surface area contributed by atoms with Gasteiger partial charge in [-0.2, -0.15) is 0 Å². The Morgan fingerprint density at radius 3 is 2.79 bits per heavy atom. The first kappa shape index (κ1) is 17.3. The van der Waals surface area contributed by atoms with E-state index < -0.39 is 0 Å². The molecule has 1 saturated heterocycles. The van der Waals surface area contributed by atoms with Crippen molar-refractivity contribution in [3.63, 3.8) is 0 Å². The van der Waals surface area contributed by atoms with Crippen LogP contribution < -0.4 is 5.32 Å². The summed E-state index contributed by atoms with van der Waals surface area (Å²) in [6.07, 6.45) is 2.12. The van der Waals surface area contributed by atoms with Gasteiger partial charge in [0.1, 0.15) is 0 Å². The Kier molecular flexibility index (Phi) is 5.80. The summed E-state index contributed by atoms with van der Waals surface area (Å²) in [7, 11) is 0. The van der Waals surface area contributed by atoms with E-state index in [1.165, 1.54) is 5.56 Å². The molecule has 0 amide bonds. The Bertz CT molecular complexity index is 709. The monoisotopic (exact) mass is 438 g/mol. The molecule has 0 bridgehead atoms. The number of non-ortho nitro benzene ring substituents is 1. The standard InChI is InChI=1S/C18H19IN2O3/c19-15-9-13(10-16(11-15)21(22)23)12-24-17-7-4-8-20-18(17)14-5-2-1-3-6-14/h1-3,5-6,9-11,17-18,20H,4,7-8,12H2/t17-,18-/m0/s1. The van der Waals surface area contributed by atoms with Crippen LogP contribution >= 0.6 is 22.6 Å². The van der Waals surface area contributed by atoms with Gasteiger partial charge in [0.15, 0.2) is 0 Å². The Balaban J connectivity index is 1.71. The van der Waals surface area contributed by atoms with Crippen LogP contribution in [0.1, 0.15) is 30.0 Å². The van der Waals surface area contributed by atoms with Crippen LogP contribution in [-0.4, -0.2) is 17.6 Å². The smallest absolute Gasteiger partial charge is 0.270 e. The third-order valence-corrected chi connectivity index (χ3v) is 4.80. The van der Waals surface area contributed by atoms with Crippen LogP contribution in [0.25, 0.3) is 0 Å². The summed E-state index contributed by atoms with van der Waals surface area (Å²) in [4.78, 5) is 10.6. The Morgan fingerprint density at radius 2 is 2.04 bits per heavy atom. The summed E-state index contributed by atoms with van der Waals surface area (Å²) in [6.45, 7) is 1.36. The fourth-order valence-electron chi connectivity index (χ4n) is 3.06. The first-order chi connectivity index (χ1) is 11.6. The van der Waals surface area contributed by atoms with Gasteiger partial charge >= 0.3 is 0 Å². The minimum Gasteiger partial charge on any atom is -0.372 e. The zero-order valence-electron chi connectivity index (χ0n) is 13.2. The molecule has 1 N–H and O–H groups in total. The number of halogens is 1. The number of nitrogens with zero attached hydrogens (tertiary/aromatic N) is 1. The molecule has 1 aliphatic rings. The third kappa shape index (κ3) is 4.31. The van der Waals surface area contributed by atoms with Crippen LogP contribution in [-0.2, 0) is 11.3 Å². The molecule has 2 atom stereocenters. The van der Waals surface area contributed by atoms with E-state index in [9.17, 15) is 10.1 Å². The number of nitro benzene ring substituents is 1. The minimum absolute atomic E-state index is 0.0677. The molecule has 5 nitrogen and oxygen atoms in total. The molecule has 1 fully saturated rings. The predicted octanol–water partition coefficient (Wildman–Crippen LogP) is 4.21. The molecule has 2 aromatic carbocycles. The van der Waals surface area contributed by atoms with Gasteiger partial charge in [-0.25, -0.2) is 0 Å². The number of piperidine rings is 1. The molecule has 1 aliphatic heterocycles. The zero-order chi connectivity index (χ0) is 16.9. The number of rotatable bonds is 5. The second-order valence-electron chi connectivity index (χ2n) is 5.91. The zero-order valence-corrected chi connectivity index (χ0v) is 15.3. The van der Waals surface area contributed by atoms with Crippen molar-refractivity contribution >= 4 is 28.3 Å². The van der Waals surface area contributed by atoms with Crippen molar-refractivity contribution in [3.05, 3.63) is 73.3 Å². The van der Waals surface area contributed by atoms with Gasteiger partial charge in [0.05, 0.1) is 23.7 Å². The lowest BCUT2D eigenvalue weighted by Crippen LogP contribution is -2.39. The number of hydrogen-bond acceptors (Lipinski definition) is 4. The molecule has 0 saturated carbocycles. The highest BCUT2D eigenvalue weighted by Crippen LogP contribution is 2.27. The maximum Gasteiger partial charge on any atom is 0.270 e. The van der Waals surface area contributed by atoms with E-state index in [-0.39, 0.29) is 22.8 Å². The minimum atomic E-state index is -0.361. The van der Waals surface area contributed by atoms with E-state index in [2.05, 4.69) is 40.0 Å². The number of ether oxygens (including phenoxy) is 1. The van der Waals surface area contributed by atoms with Gasteiger partial charge in [0.25, 0.3) is 5.69 Å². The fraction of sp³-hybridized carbons (Fsp3) is 0.333. The van der Waals surface area contributed by atoms with Crippen molar-refractivity contribution < 1.29 is 9.66 Å².